The second kappa shape index (κ2) is 5.76. The van der Waals surface area contributed by atoms with Gasteiger partial charge in [0, 0.05) is 23.5 Å². The van der Waals surface area contributed by atoms with E-state index in [9.17, 15) is 9.59 Å². The lowest BCUT2D eigenvalue weighted by molar-refractivity contribution is -0.137. The molecule has 0 saturated carbocycles. The van der Waals surface area contributed by atoms with Crippen LogP contribution in [0.5, 0.6) is 0 Å². The number of nitrogens with zero attached hydrogens (tertiary/aromatic N) is 2. The van der Waals surface area contributed by atoms with Crippen molar-refractivity contribution in [2.24, 2.45) is 0 Å². The Morgan fingerprint density at radius 3 is 2.61 bits per heavy atom. The SMILES string of the molecule is Cc1nsc(NC(=O)NC(C)(C)CCC(=O)O)n1. The first kappa shape index (κ1) is 14.4. The van der Waals surface area contributed by atoms with Gasteiger partial charge in [0.25, 0.3) is 0 Å². The fraction of sp³-hybridized carbons (Fsp3) is 0.600. The number of anilines is 1. The molecule has 18 heavy (non-hydrogen) atoms. The van der Waals surface area contributed by atoms with Crippen molar-refractivity contribution in [3.05, 3.63) is 5.82 Å². The number of rotatable bonds is 5. The number of carboxylic acids is 1. The van der Waals surface area contributed by atoms with Crippen molar-refractivity contribution in [3.63, 3.8) is 0 Å². The number of aliphatic carboxylic acids is 1. The summed E-state index contributed by atoms with van der Waals surface area (Å²) in [5.41, 5.74) is -0.595. The first-order valence-corrected chi connectivity index (χ1v) is 6.17. The summed E-state index contributed by atoms with van der Waals surface area (Å²) in [7, 11) is 0. The molecule has 1 rings (SSSR count). The number of hydrogen-bond donors (Lipinski definition) is 3. The summed E-state index contributed by atoms with van der Waals surface area (Å²) in [4.78, 5) is 26.1. The summed E-state index contributed by atoms with van der Waals surface area (Å²) < 4.78 is 3.94. The summed E-state index contributed by atoms with van der Waals surface area (Å²) in [5, 5.41) is 14.3. The number of carbonyl (C=O) groups excluding carboxylic acids is 1. The highest BCUT2D eigenvalue weighted by Crippen LogP contribution is 2.13. The molecule has 7 nitrogen and oxygen atoms in total. The topological polar surface area (TPSA) is 104 Å². The Kier molecular flexibility index (Phi) is 4.60. The van der Waals surface area contributed by atoms with E-state index in [1.54, 1.807) is 20.8 Å². The van der Waals surface area contributed by atoms with Crippen molar-refractivity contribution >= 4 is 28.7 Å². The molecule has 3 N–H and O–H groups in total. The average molecular weight is 272 g/mol. The Balaban J connectivity index is 2.45. The first-order valence-electron chi connectivity index (χ1n) is 5.40. The lowest BCUT2D eigenvalue weighted by atomic mass is 9.99. The van der Waals surface area contributed by atoms with Crippen LogP contribution in [-0.2, 0) is 4.79 Å². The maximum absolute atomic E-state index is 11.7. The number of aromatic nitrogens is 2. The number of urea groups is 1. The van der Waals surface area contributed by atoms with Crippen molar-refractivity contribution < 1.29 is 14.7 Å². The van der Waals surface area contributed by atoms with E-state index in [1.165, 1.54) is 0 Å². The maximum Gasteiger partial charge on any atom is 0.321 e. The summed E-state index contributed by atoms with van der Waals surface area (Å²) in [6.45, 7) is 5.26. The van der Waals surface area contributed by atoms with Gasteiger partial charge in [0.15, 0.2) is 0 Å². The molecule has 0 radical (unpaired) electrons. The Morgan fingerprint density at radius 1 is 1.44 bits per heavy atom. The normalized spacial score (nSPS) is 11.1. The Bertz CT molecular complexity index is 444. The van der Waals surface area contributed by atoms with Gasteiger partial charge in [-0.05, 0) is 27.2 Å². The van der Waals surface area contributed by atoms with Crippen LogP contribution in [0.25, 0.3) is 0 Å². The number of nitrogens with one attached hydrogen (secondary N) is 2. The van der Waals surface area contributed by atoms with Crippen LogP contribution in [0.4, 0.5) is 9.93 Å². The lowest BCUT2D eigenvalue weighted by Gasteiger charge is -2.25. The third kappa shape index (κ3) is 5.09. The molecule has 0 aromatic carbocycles. The predicted molar refractivity (Wildman–Crippen MR) is 67.7 cm³/mol. The molecule has 0 aliphatic heterocycles. The van der Waals surface area contributed by atoms with E-state index in [4.69, 9.17) is 5.11 Å². The monoisotopic (exact) mass is 272 g/mol. The standard InChI is InChI=1S/C10H16N4O3S/c1-6-11-9(18-14-6)12-8(17)13-10(2,3)5-4-7(15)16/h4-5H2,1-3H3,(H,15,16)(H2,11,12,13,14,17). The van der Waals surface area contributed by atoms with Crippen LogP contribution in [0, 0.1) is 6.92 Å². The summed E-state index contributed by atoms with van der Waals surface area (Å²) in [6.07, 6.45) is 0.357. The first-order chi connectivity index (χ1) is 8.28. The van der Waals surface area contributed by atoms with Gasteiger partial charge in [-0.1, -0.05) is 0 Å². The molecule has 8 heteroatoms. The molecular formula is C10H16N4O3S. The van der Waals surface area contributed by atoms with Crippen LogP contribution in [0.3, 0.4) is 0 Å². The highest BCUT2D eigenvalue weighted by atomic mass is 32.1. The van der Waals surface area contributed by atoms with Crippen LogP contribution in [0.2, 0.25) is 0 Å². The third-order valence-corrected chi connectivity index (χ3v) is 2.89. The molecule has 0 atom stereocenters. The van der Waals surface area contributed by atoms with Crippen molar-refractivity contribution in [2.75, 3.05) is 5.32 Å². The van der Waals surface area contributed by atoms with Crippen molar-refractivity contribution in [2.45, 2.75) is 39.2 Å². The summed E-state index contributed by atoms with van der Waals surface area (Å²) >= 11 is 1.09. The number of carboxylic acid groups (broad SMARTS) is 1. The molecule has 1 aromatic rings. The molecule has 0 aliphatic rings. The second-order valence-electron chi connectivity index (χ2n) is 4.50. The molecule has 0 saturated heterocycles. The van der Waals surface area contributed by atoms with E-state index < -0.39 is 17.5 Å². The van der Waals surface area contributed by atoms with E-state index in [2.05, 4.69) is 20.0 Å². The van der Waals surface area contributed by atoms with Crippen LogP contribution in [0.1, 0.15) is 32.5 Å². The molecule has 0 fully saturated rings. The van der Waals surface area contributed by atoms with Gasteiger partial charge in [0.1, 0.15) is 5.82 Å². The van der Waals surface area contributed by atoms with E-state index in [1.807, 2.05) is 0 Å². The van der Waals surface area contributed by atoms with Crippen molar-refractivity contribution in [3.8, 4) is 0 Å². The molecule has 100 valence electrons. The van der Waals surface area contributed by atoms with Crippen LogP contribution < -0.4 is 10.6 Å². The zero-order valence-electron chi connectivity index (χ0n) is 10.5. The summed E-state index contributed by atoms with van der Waals surface area (Å²) in [6, 6.07) is -0.415. The summed E-state index contributed by atoms with van der Waals surface area (Å²) in [5.74, 6) is -0.287. The molecule has 0 bridgehead atoms. The fourth-order valence-electron chi connectivity index (χ4n) is 1.27. The third-order valence-electron chi connectivity index (χ3n) is 2.16. The maximum atomic E-state index is 11.7. The van der Waals surface area contributed by atoms with Gasteiger partial charge in [-0.3, -0.25) is 10.1 Å². The van der Waals surface area contributed by atoms with Crippen LogP contribution >= 0.6 is 11.5 Å². The molecule has 2 amide bonds. The zero-order chi connectivity index (χ0) is 13.8. The van der Waals surface area contributed by atoms with Crippen molar-refractivity contribution in [1.29, 1.82) is 0 Å². The molecule has 0 spiro atoms. The highest BCUT2D eigenvalue weighted by Gasteiger charge is 2.21. The van der Waals surface area contributed by atoms with Gasteiger partial charge < -0.3 is 10.4 Å². The molecule has 0 aliphatic carbocycles. The van der Waals surface area contributed by atoms with E-state index in [0.717, 1.165) is 11.5 Å². The van der Waals surface area contributed by atoms with E-state index in [0.29, 0.717) is 17.4 Å². The van der Waals surface area contributed by atoms with Gasteiger partial charge in [0.2, 0.25) is 5.13 Å². The minimum atomic E-state index is -0.884. The van der Waals surface area contributed by atoms with Crippen LogP contribution in [-0.4, -0.2) is 32.0 Å². The molecular weight excluding hydrogens is 256 g/mol. The minimum absolute atomic E-state index is 0.00515. The van der Waals surface area contributed by atoms with E-state index in [-0.39, 0.29) is 6.42 Å². The zero-order valence-corrected chi connectivity index (χ0v) is 11.3. The lowest BCUT2D eigenvalue weighted by Crippen LogP contribution is -2.45. The van der Waals surface area contributed by atoms with Gasteiger partial charge >= 0.3 is 12.0 Å². The second-order valence-corrected chi connectivity index (χ2v) is 5.26. The van der Waals surface area contributed by atoms with Crippen LogP contribution in [0.15, 0.2) is 0 Å². The molecule has 1 aromatic heterocycles. The van der Waals surface area contributed by atoms with Gasteiger partial charge in [-0.25, -0.2) is 9.78 Å². The fourth-order valence-corrected chi connectivity index (χ4v) is 1.84. The predicted octanol–water partition coefficient (Wildman–Crippen LogP) is 1.61. The van der Waals surface area contributed by atoms with E-state index >= 15 is 0 Å². The number of carbonyl (C=O) groups is 2. The number of amides is 2. The quantitative estimate of drug-likeness (QED) is 0.755. The molecule has 0 unspecified atom stereocenters. The van der Waals surface area contributed by atoms with Crippen molar-refractivity contribution in [1.82, 2.24) is 14.7 Å². The number of aryl methyl sites for hydroxylation is 1. The van der Waals surface area contributed by atoms with Gasteiger partial charge in [0.05, 0.1) is 0 Å². The van der Waals surface area contributed by atoms with Gasteiger partial charge in [-0.2, -0.15) is 4.37 Å². The Hall–Kier alpha value is -1.70. The average Bonchev–Trinajstić information content (AvgIpc) is 2.60. The largest absolute Gasteiger partial charge is 0.481 e. The Morgan fingerprint density at radius 2 is 2.11 bits per heavy atom. The highest BCUT2D eigenvalue weighted by molar-refractivity contribution is 7.09. The van der Waals surface area contributed by atoms with Gasteiger partial charge in [-0.15, -0.1) is 0 Å². The molecule has 1 heterocycles. The smallest absolute Gasteiger partial charge is 0.321 e. The number of hydrogen-bond acceptors (Lipinski definition) is 5. The minimum Gasteiger partial charge on any atom is -0.481 e. The Labute approximate surface area is 109 Å².